The summed E-state index contributed by atoms with van der Waals surface area (Å²) < 4.78 is 32.5. The number of ether oxygens (including phenoxy) is 2. The van der Waals surface area contributed by atoms with E-state index in [-0.39, 0.29) is 19.4 Å². The number of phosphoric acid groups is 1. The monoisotopic (exact) mass is 676 g/mol. The zero-order valence-electron chi connectivity index (χ0n) is 28.8. The van der Waals surface area contributed by atoms with Crippen LogP contribution in [0.2, 0.25) is 0 Å². The van der Waals surface area contributed by atoms with Crippen LogP contribution >= 0.6 is 7.82 Å². The van der Waals surface area contributed by atoms with Gasteiger partial charge in [-0.25, -0.2) is 4.57 Å². The molecule has 0 aliphatic heterocycles. The second-order valence-corrected chi connectivity index (χ2v) is 13.3. The van der Waals surface area contributed by atoms with Gasteiger partial charge in [0.1, 0.15) is 12.7 Å². The van der Waals surface area contributed by atoms with Gasteiger partial charge in [-0.15, -0.1) is 0 Å². The summed E-state index contributed by atoms with van der Waals surface area (Å²) in [6.07, 6.45) is 27.3. The molecule has 11 heteroatoms. The second-order valence-electron chi connectivity index (χ2n) is 11.9. The summed E-state index contributed by atoms with van der Waals surface area (Å²) in [5, 5.41) is 18.2. The number of hydrogen-bond donors (Lipinski definition) is 3. The van der Waals surface area contributed by atoms with Gasteiger partial charge in [-0.05, 0) is 57.8 Å². The van der Waals surface area contributed by atoms with Crippen molar-refractivity contribution in [2.75, 3.05) is 26.4 Å². The number of rotatable bonds is 33. The van der Waals surface area contributed by atoms with E-state index >= 15 is 0 Å². The van der Waals surface area contributed by atoms with Crippen LogP contribution in [0.15, 0.2) is 24.3 Å². The van der Waals surface area contributed by atoms with E-state index < -0.39 is 51.8 Å². The quantitative estimate of drug-likeness (QED) is 0.0268. The Bertz CT molecular complexity index is 832. The van der Waals surface area contributed by atoms with Gasteiger partial charge in [0.05, 0.1) is 19.8 Å². The van der Waals surface area contributed by atoms with Crippen molar-refractivity contribution in [2.45, 2.75) is 161 Å². The minimum atomic E-state index is -4.61. The molecule has 0 saturated carbocycles. The van der Waals surface area contributed by atoms with Gasteiger partial charge in [-0.3, -0.25) is 18.6 Å². The van der Waals surface area contributed by atoms with E-state index in [1.165, 1.54) is 32.1 Å². The van der Waals surface area contributed by atoms with Crippen LogP contribution in [-0.2, 0) is 32.7 Å². The SMILES string of the molecule is CCCC/C=C\CCCCCCCC(=O)O[C@H](COC(=O)CCCCCCC/C=C\CCCCC)COP(=O)(O)OC[C@@H](O)CO. The first kappa shape index (κ1) is 44.5. The molecule has 0 fully saturated rings. The highest BCUT2D eigenvalue weighted by molar-refractivity contribution is 7.47. The predicted octanol–water partition coefficient (Wildman–Crippen LogP) is 8.27. The molecule has 3 N–H and O–H groups in total. The van der Waals surface area contributed by atoms with Crippen molar-refractivity contribution in [3.05, 3.63) is 24.3 Å². The molecule has 10 nitrogen and oxygen atoms in total. The number of esters is 2. The lowest BCUT2D eigenvalue weighted by Gasteiger charge is -2.20. The van der Waals surface area contributed by atoms with Gasteiger partial charge < -0.3 is 24.6 Å². The molecule has 0 bridgehead atoms. The highest BCUT2D eigenvalue weighted by Crippen LogP contribution is 2.43. The fourth-order valence-corrected chi connectivity index (χ4v) is 5.29. The topological polar surface area (TPSA) is 149 Å². The first-order valence-corrected chi connectivity index (χ1v) is 19.3. The van der Waals surface area contributed by atoms with Crippen LogP contribution < -0.4 is 0 Å². The van der Waals surface area contributed by atoms with Crippen molar-refractivity contribution < 1.29 is 47.8 Å². The maximum absolute atomic E-state index is 12.5. The normalized spacial score (nSPS) is 14.5. The molecule has 3 atom stereocenters. The van der Waals surface area contributed by atoms with Crippen LogP contribution in [0.3, 0.4) is 0 Å². The van der Waals surface area contributed by atoms with E-state index in [1.807, 2.05) is 0 Å². The van der Waals surface area contributed by atoms with Gasteiger partial charge in [0.2, 0.25) is 0 Å². The third-order valence-electron chi connectivity index (χ3n) is 7.33. The summed E-state index contributed by atoms with van der Waals surface area (Å²) in [6, 6.07) is 0. The van der Waals surface area contributed by atoms with Crippen molar-refractivity contribution in [3.8, 4) is 0 Å². The summed E-state index contributed by atoms with van der Waals surface area (Å²) in [5.41, 5.74) is 0. The predicted molar refractivity (Wildman–Crippen MR) is 182 cm³/mol. The molecule has 0 aromatic carbocycles. The van der Waals surface area contributed by atoms with Gasteiger partial charge in [-0.1, -0.05) is 102 Å². The van der Waals surface area contributed by atoms with Crippen LogP contribution in [0.5, 0.6) is 0 Å². The van der Waals surface area contributed by atoms with Gasteiger partial charge in [0, 0.05) is 12.8 Å². The lowest BCUT2D eigenvalue weighted by molar-refractivity contribution is -0.161. The van der Waals surface area contributed by atoms with Crippen molar-refractivity contribution >= 4 is 19.8 Å². The number of unbranched alkanes of at least 4 members (excludes halogenated alkanes) is 15. The molecule has 270 valence electrons. The van der Waals surface area contributed by atoms with Crippen molar-refractivity contribution in [2.24, 2.45) is 0 Å². The fourth-order valence-electron chi connectivity index (χ4n) is 4.50. The van der Waals surface area contributed by atoms with Gasteiger partial charge in [-0.2, -0.15) is 0 Å². The first-order valence-electron chi connectivity index (χ1n) is 17.8. The Balaban J connectivity index is 4.44. The Morgan fingerprint density at radius 2 is 1.09 bits per heavy atom. The van der Waals surface area contributed by atoms with Gasteiger partial charge in [0.15, 0.2) is 6.10 Å². The summed E-state index contributed by atoms with van der Waals surface area (Å²) in [4.78, 5) is 34.7. The third-order valence-corrected chi connectivity index (χ3v) is 8.28. The highest BCUT2D eigenvalue weighted by Gasteiger charge is 2.27. The van der Waals surface area contributed by atoms with Crippen molar-refractivity contribution in [1.82, 2.24) is 0 Å². The van der Waals surface area contributed by atoms with E-state index in [2.05, 4.69) is 42.7 Å². The van der Waals surface area contributed by atoms with E-state index in [1.54, 1.807) is 0 Å². The minimum absolute atomic E-state index is 0.173. The number of allylic oxidation sites excluding steroid dienone is 4. The Labute approximate surface area is 278 Å². The van der Waals surface area contributed by atoms with E-state index in [0.29, 0.717) is 12.8 Å². The largest absolute Gasteiger partial charge is 0.472 e. The van der Waals surface area contributed by atoms with Gasteiger partial charge >= 0.3 is 19.8 Å². The molecular weight excluding hydrogens is 611 g/mol. The lowest BCUT2D eigenvalue weighted by atomic mass is 10.1. The van der Waals surface area contributed by atoms with Crippen LogP contribution in [0.1, 0.15) is 149 Å². The van der Waals surface area contributed by atoms with Crippen LogP contribution in [0.25, 0.3) is 0 Å². The molecule has 1 unspecified atom stereocenters. The van der Waals surface area contributed by atoms with Crippen LogP contribution in [-0.4, -0.2) is 65.7 Å². The molecule has 46 heavy (non-hydrogen) atoms. The molecule has 0 aromatic heterocycles. The van der Waals surface area contributed by atoms with Crippen molar-refractivity contribution in [1.29, 1.82) is 0 Å². The molecule has 0 aliphatic carbocycles. The number of aliphatic hydroxyl groups excluding tert-OH is 2. The van der Waals surface area contributed by atoms with Crippen LogP contribution in [0.4, 0.5) is 0 Å². The minimum Gasteiger partial charge on any atom is -0.462 e. The third kappa shape index (κ3) is 31.1. The van der Waals surface area contributed by atoms with Gasteiger partial charge in [0.25, 0.3) is 0 Å². The summed E-state index contributed by atoms with van der Waals surface area (Å²) >= 11 is 0. The Kier molecular flexibility index (Phi) is 30.9. The summed E-state index contributed by atoms with van der Waals surface area (Å²) in [7, 11) is -4.61. The average molecular weight is 677 g/mol. The molecule has 0 aliphatic rings. The first-order chi connectivity index (χ1) is 22.2. The summed E-state index contributed by atoms with van der Waals surface area (Å²) in [6.45, 7) is 2.26. The Morgan fingerprint density at radius 3 is 1.63 bits per heavy atom. The molecule has 0 spiro atoms. The molecule has 0 saturated heterocycles. The maximum atomic E-state index is 12.5. The molecule has 0 heterocycles. The number of phosphoric ester groups is 1. The number of carbonyl (C=O) groups excluding carboxylic acids is 2. The van der Waals surface area contributed by atoms with Crippen molar-refractivity contribution in [3.63, 3.8) is 0 Å². The lowest BCUT2D eigenvalue weighted by Crippen LogP contribution is -2.29. The zero-order chi connectivity index (χ0) is 34.1. The highest BCUT2D eigenvalue weighted by atomic mass is 31.2. The Hall–Kier alpha value is -1.55. The number of aliphatic hydroxyl groups is 2. The fraction of sp³-hybridized carbons (Fsp3) is 0.829. The molecule has 0 amide bonds. The summed E-state index contributed by atoms with van der Waals surface area (Å²) in [5.74, 6) is -0.950. The molecule has 0 radical (unpaired) electrons. The molecule has 0 aromatic rings. The second kappa shape index (κ2) is 32.0. The zero-order valence-corrected chi connectivity index (χ0v) is 29.7. The smallest absolute Gasteiger partial charge is 0.462 e. The van der Waals surface area contributed by atoms with E-state index in [9.17, 15) is 24.2 Å². The average Bonchev–Trinajstić information content (AvgIpc) is 3.04. The molecule has 0 rings (SSSR count). The Morgan fingerprint density at radius 1 is 0.630 bits per heavy atom. The standard InChI is InChI=1S/C35H65O10P/c1-3-5-7-9-11-13-15-17-18-20-22-24-26-34(38)42-30-33(31-44-46(40,41)43-29-32(37)28-36)45-35(39)27-25-23-21-19-16-14-12-10-8-6-4-2/h10-13,32-33,36-37H,3-9,14-31H2,1-2H3,(H,40,41)/b12-10-,13-11-/t32-,33+/m0/s1. The molecular formula is C35H65O10P. The maximum Gasteiger partial charge on any atom is 0.472 e. The number of hydrogen-bond acceptors (Lipinski definition) is 9. The number of carbonyl (C=O) groups is 2. The van der Waals surface area contributed by atoms with E-state index in [4.69, 9.17) is 19.1 Å². The van der Waals surface area contributed by atoms with E-state index in [0.717, 1.165) is 77.0 Å². The van der Waals surface area contributed by atoms with Crippen LogP contribution in [0, 0.1) is 0 Å².